The molecule has 100 valence electrons. The average molecular weight is 249 g/mol. The average Bonchev–Trinajstić information content (AvgIpc) is 2.91. The van der Waals surface area contributed by atoms with Crippen LogP contribution >= 0.6 is 0 Å². The molecule has 1 saturated heterocycles. The highest BCUT2D eigenvalue weighted by atomic mass is 15.2. The normalized spacial score (nSPS) is 15.9. The van der Waals surface area contributed by atoms with Gasteiger partial charge in [0.2, 0.25) is 0 Å². The Balaban J connectivity index is 1.87. The molecule has 2 heterocycles. The lowest BCUT2D eigenvalue weighted by Gasteiger charge is -2.15. The molecule has 0 saturated carbocycles. The van der Waals surface area contributed by atoms with Crippen LogP contribution in [0, 0.1) is 0 Å². The van der Waals surface area contributed by atoms with Gasteiger partial charge in [0.1, 0.15) is 17.5 Å². The molecule has 1 fully saturated rings. The standard InChI is InChI=1S/C13H23N5/c1-3-11-16-12(14-2)10-13(17-11)15-6-9-18-7-4-5-8-18/h10H,3-9H2,1-2H3,(H2,14,15,16,17). The third-order valence-corrected chi connectivity index (χ3v) is 3.28. The molecule has 2 N–H and O–H groups in total. The molecule has 0 amide bonds. The number of hydrogen-bond donors (Lipinski definition) is 2. The lowest BCUT2D eigenvalue weighted by Crippen LogP contribution is -2.26. The fraction of sp³-hybridized carbons (Fsp3) is 0.692. The van der Waals surface area contributed by atoms with Crippen LogP contribution in [-0.2, 0) is 6.42 Å². The van der Waals surface area contributed by atoms with Crippen molar-refractivity contribution < 1.29 is 0 Å². The van der Waals surface area contributed by atoms with Gasteiger partial charge in [0.25, 0.3) is 0 Å². The molecule has 1 aromatic rings. The number of rotatable bonds is 6. The van der Waals surface area contributed by atoms with Crippen molar-refractivity contribution in [3.63, 3.8) is 0 Å². The van der Waals surface area contributed by atoms with Crippen molar-refractivity contribution in [3.05, 3.63) is 11.9 Å². The van der Waals surface area contributed by atoms with Crippen LogP contribution in [0.3, 0.4) is 0 Å². The number of anilines is 2. The molecule has 0 radical (unpaired) electrons. The van der Waals surface area contributed by atoms with E-state index in [0.717, 1.165) is 37.0 Å². The summed E-state index contributed by atoms with van der Waals surface area (Å²) in [6.07, 6.45) is 3.55. The van der Waals surface area contributed by atoms with Crippen LogP contribution in [0.25, 0.3) is 0 Å². The maximum Gasteiger partial charge on any atom is 0.132 e. The van der Waals surface area contributed by atoms with Crippen LogP contribution in [0.15, 0.2) is 6.07 Å². The second kappa shape index (κ2) is 6.54. The minimum absolute atomic E-state index is 0.857. The Bertz CT molecular complexity index is 351. The molecule has 2 rings (SSSR count). The molecule has 18 heavy (non-hydrogen) atoms. The van der Waals surface area contributed by atoms with Gasteiger partial charge in [0, 0.05) is 32.6 Å². The van der Waals surface area contributed by atoms with Gasteiger partial charge in [-0.25, -0.2) is 9.97 Å². The summed E-state index contributed by atoms with van der Waals surface area (Å²) in [6.45, 7) is 6.60. The quantitative estimate of drug-likeness (QED) is 0.802. The van der Waals surface area contributed by atoms with E-state index >= 15 is 0 Å². The van der Waals surface area contributed by atoms with Crippen LogP contribution in [-0.4, -0.2) is 48.1 Å². The molecule has 0 spiro atoms. The van der Waals surface area contributed by atoms with Gasteiger partial charge in [-0.2, -0.15) is 0 Å². The molecule has 0 atom stereocenters. The minimum Gasteiger partial charge on any atom is -0.373 e. The Morgan fingerprint density at radius 2 is 1.94 bits per heavy atom. The Labute approximate surface area is 109 Å². The number of nitrogens with one attached hydrogen (secondary N) is 2. The predicted molar refractivity (Wildman–Crippen MR) is 75.1 cm³/mol. The van der Waals surface area contributed by atoms with Gasteiger partial charge in [0.05, 0.1) is 0 Å². The van der Waals surface area contributed by atoms with Gasteiger partial charge >= 0.3 is 0 Å². The summed E-state index contributed by atoms with van der Waals surface area (Å²) in [7, 11) is 1.88. The van der Waals surface area contributed by atoms with Crippen LogP contribution in [0.1, 0.15) is 25.6 Å². The van der Waals surface area contributed by atoms with E-state index in [0.29, 0.717) is 0 Å². The Morgan fingerprint density at radius 1 is 1.22 bits per heavy atom. The van der Waals surface area contributed by atoms with Crippen molar-refractivity contribution in [1.29, 1.82) is 0 Å². The summed E-state index contributed by atoms with van der Waals surface area (Å²) in [5.41, 5.74) is 0. The van der Waals surface area contributed by atoms with Crippen LogP contribution in [0.5, 0.6) is 0 Å². The zero-order chi connectivity index (χ0) is 12.8. The van der Waals surface area contributed by atoms with Crippen LogP contribution < -0.4 is 10.6 Å². The zero-order valence-electron chi connectivity index (χ0n) is 11.4. The van der Waals surface area contributed by atoms with Crippen molar-refractivity contribution in [1.82, 2.24) is 14.9 Å². The van der Waals surface area contributed by atoms with Gasteiger partial charge < -0.3 is 15.5 Å². The summed E-state index contributed by atoms with van der Waals surface area (Å²) in [6, 6.07) is 1.96. The Hall–Kier alpha value is -1.36. The molecule has 1 aliphatic heterocycles. The van der Waals surface area contributed by atoms with E-state index in [9.17, 15) is 0 Å². The number of likely N-dealkylation sites (tertiary alicyclic amines) is 1. The fourth-order valence-electron chi connectivity index (χ4n) is 2.22. The molecule has 0 bridgehead atoms. The first-order valence-corrected chi connectivity index (χ1v) is 6.83. The summed E-state index contributed by atoms with van der Waals surface area (Å²) >= 11 is 0. The maximum absolute atomic E-state index is 4.48. The van der Waals surface area contributed by atoms with E-state index in [4.69, 9.17) is 0 Å². The summed E-state index contributed by atoms with van der Waals surface area (Å²) in [4.78, 5) is 11.4. The van der Waals surface area contributed by atoms with Gasteiger partial charge in [-0.05, 0) is 25.9 Å². The molecular formula is C13H23N5. The highest BCUT2D eigenvalue weighted by molar-refractivity contribution is 5.47. The maximum atomic E-state index is 4.48. The highest BCUT2D eigenvalue weighted by Gasteiger charge is 2.10. The van der Waals surface area contributed by atoms with Gasteiger partial charge in [0.15, 0.2) is 0 Å². The van der Waals surface area contributed by atoms with Gasteiger partial charge in [-0.3, -0.25) is 0 Å². The first-order valence-electron chi connectivity index (χ1n) is 6.83. The first kappa shape index (κ1) is 13.1. The largest absolute Gasteiger partial charge is 0.373 e. The van der Waals surface area contributed by atoms with Crippen molar-refractivity contribution in [2.75, 3.05) is 43.9 Å². The SMILES string of the molecule is CCc1nc(NC)cc(NCCN2CCCC2)n1. The van der Waals surface area contributed by atoms with E-state index in [1.54, 1.807) is 0 Å². The van der Waals surface area contributed by atoms with Crippen LogP contribution in [0.2, 0.25) is 0 Å². The highest BCUT2D eigenvalue weighted by Crippen LogP contribution is 2.11. The summed E-state index contributed by atoms with van der Waals surface area (Å²) in [5.74, 6) is 2.68. The lowest BCUT2D eigenvalue weighted by atomic mass is 10.4. The third kappa shape index (κ3) is 3.57. The number of aryl methyl sites for hydroxylation is 1. The third-order valence-electron chi connectivity index (χ3n) is 3.28. The summed E-state index contributed by atoms with van der Waals surface area (Å²) < 4.78 is 0. The molecule has 5 heteroatoms. The van der Waals surface area contributed by atoms with Gasteiger partial charge in [-0.15, -0.1) is 0 Å². The zero-order valence-corrected chi connectivity index (χ0v) is 11.4. The minimum atomic E-state index is 0.857. The number of nitrogens with zero attached hydrogens (tertiary/aromatic N) is 3. The Morgan fingerprint density at radius 3 is 2.61 bits per heavy atom. The van der Waals surface area contributed by atoms with E-state index < -0.39 is 0 Å². The molecule has 0 aromatic carbocycles. The van der Waals surface area contributed by atoms with Crippen molar-refractivity contribution in [2.45, 2.75) is 26.2 Å². The topological polar surface area (TPSA) is 53.1 Å². The fourth-order valence-corrected chi connectivity index (χ4v) is 2.22. The second-order valence-electron chi connectivity index (χ2n) is 4.63. The molecule has 1 aliphatic rings. The molecular weight excluding hydrogens is 226 g/mol. The number of hydrogen-bond acceptors (Lipinski definition) is 5. The first-order chi connectivity index (χ1) is 8.81. The van der Waals surface area contributed by atoms with Crippen molar-refractivity contribution in [2.24, 2.45) is 0 Å². The number of aromatic nitrogens is 2. The van der Waals surface area contributed by atoms with Gasteiger partial charge in [-0.1, -0.05) is 6.92 Å². The van der Waals surface area contributed by atoms with E-state index in [2.05, 4.69) is 32.4 Å². The van der Waals surface area contributed by atoms with Crippen LogP contribution in [0.4, 0.5) is 11.6 Å². The van der Waals surface area contributed by atoms with E-state index in [1.165, 1.54) is 25.9 Å². The Kier molecular flexibility index (Phi) is 4.75. The smallest absolute Gasteiger partial charge is 0.132 e. The van der Waals surface area contributed by atoms with E-state index in [-0.39, 0.29) is 0 Å². The second-order valence-corrected chi connectivity index (χ2v) is 4.63. The van der Waals surface area contributed by atoms with Crippen molar-refractivity contribution >= 4 is 11.6 Å². The monoisotopic (exact) mass is 249 g/mol. The van der Waals surface area contributed by atoms with Crippen molar-refractivity contribution in [3.8, 4) is 0 Å². The molecule has 1 aromatic heterocycles. The summed E-state index contributed by atoms with van der Waals surface area (Å²) in [5, 5.41) is 6.46. The lowest BCUT2D eigenvalue weighted by molar-refractivity contribution is 0.352. The molecule has 0 unspecified atom stereocenters. The molecule has 0 aliphatic carbocycles. The van der Waals surface area contributed by atoms with E-state index in [1.807, 2.05) is 13.1 Å². The molecule has 5 nitrogen and oxygen atoms in total. The predicted octanol–water partition coefficient (Wildman–Crippen LogP) is 1.59.